The van der Waals surface area contributed by atoms with E-state index in [2.05, 4.69) is 15.8 Å². The topological polar surface area (TPSA) is 94.3 Å². The third-order valence-corrected chi connectivity index (χ3v) is 2.98. The quantitative estimate of drug-likeness (QED) is 0.720. The lowest BCUT2D eigenvalue weighted by molar-refractivity contribution is 0.0846. The van der Waals surface area contributed by atoms with Crippen molar-refractivity contribution in [2.24, 2.45) is 0 Å². The van der Waals surface area contributed by atoms with E-state index in [-0.39, 0.29) is 5.56 Å². The largest absolute Gasteiger partial charge is 0.378 e. The van der Waals surface area contributed by atoms with Gasteiger partial charge < -0.3 is 9.88 Å². The molecule has 3 N–H and O–H groups in total. The van der Waals surface area contributed by atoms with Crippen LogP contribution in [-0.4, -0.2) is 30.9 Å². The maximum atomic E-state index is 12.0. The van der Waals surface area contributed by atoms with E-state index in [1.54, 1.807) is 18.2 Å². The van der Waals surface area contributed by atoms with Gasteiger partial charge in [0.1, 0.15) is 5.56 Å². The first-order valence-corrected chi connectivity index (χ1v) is 6.55. The Hall–Kier alpha value is -3.09. The number of aromatic nitrogens is 1. The van der Waals surface area contributed by atoms with Crippen molar-refractivity contribution in [1.29, 1.82) is 0 Å². The number of rotatable bonds is 3. The molecule has 0 aliphatic carbocycles. The average Bonchev–Trinajstić information content (AvgIpc) is 2.52. The van der Waals surface area contributed by atoms with Gasteiger partial charge in [-0.15, -0.1) is 0 Å². The predicted octanol–water partition coefficient (Wildman–Crippen LogP) is 0.516. The third-order valence-electron chi connectivity index (χ3n) is 2.98. The van der Waals surface area contributed by atoms with E-state index >= 15 is 0 Å². The van der Waals surface area contributed by atoms with Crippen molar-refractivity contribution in [3.8, 4) is 0 Å². The van der Waals surface area contributed by atoms with Crippen LogP contribution < -0.4 is 21.3 Å². The summed E-state index contributed by atoms with van der Waals surface area (Å²) in [5, 5.41) is 0. The lowest BCUT2D eigenvalue weighted by atomic mass is 10.2. The van der Waals surface area contributed by atoms with Gasteiger partial charge in [0, 0.05) is 31.5 Å². The second kappa shape index (κ2) is 6.57. The zero-order valence-corrected chi connectivity index (χ0v) is 12.2. The lowest BCUT2D eigenvalue weighted by Crippen LogP contribution is -2.43. The SMILES string of the molecule is CN(C)c1cccc(C(=O)NNC(=O)c2ccc[nH]c2=O)c1. The Morgan fingerprint density at radius 1 is 1.05 bits per heavy atom. The molecule has 2 aromatic rings. The number of benzene rings is 1. The Bertz CT molecular complexity index is 752. The van der Waals surface area contributed by atoms with Crippen molar-refractivity contribution < 1.29 is 9.59 Å². The first-order valence-electron chi connectivity index (χ1n) is 6.55. The van der Waals surface area contributed by atoms with Gasteiger partial charge in [0.15, 0.2) is 0 Å². The molecule has 1 aromatic heterocycles. The Kier molecular flexibility index (Phi) is 4.57. The van der Waals surface area contributed by atoms with Crippen molar-refractivity contribution in [2.45, 2.75) is 0 Å². The molecule has 0 saturated carbocycles. The fourth-order valence-corrected chi connectivity index (χ4v) is 1.78. The first kappa shape index (κ1) is 15.3. The van der Waals surface area contributed by atoms with Gasteiger partial charge in [-0.1, -0.05) is 6.07 Å². The summed E-state index contributed by atoms with van der Waals surface area (Å²) < 4.78 is 0. The highest BCUT2D eigenvalue weighted by Gasteiger charge is 2.12. The van der Waals surface area contributed by atoms with Crippen LogP contribution in [0.4, 0.5) is 5.69 Å². The number of carbonyl (C=O) groups is 2. The maximum Gasteiger partial charge on any atom is 0.275 e. The summed E-state index contributed by atoms with van der Waals surface area (Å²) in [4.78, 5) is 39.5. The third kappa shape index (κ3) is 3.51. The molecule has 1 aromatic carbocycles. The number of nitrogens with zero attached hydrogens (tertiary/aromatic N) is 1. The van der Waals surface area contributed by atoms with E-state index in [0.29, 0.717) is 5.56 Å². The number of amides is 2. The number of hydrazine groups is 1. The summed E-state index contributed by atoms with van der Waals surface area (Å²) in [6.07, 6.45) is 1.42. The van der Waals surface area contributed by atoms with E-state index in [0.717, 1.165) is 5.69 Å². The van der Waals surface area contributed by atoms with Gasteiger partial charge in [0.2, 0.25) is 0 Å². The number of nitrogens with one attached hydrogen (secondary N) is 3. The zero-order valence-electron chi connectivity index (χ0n) is 12.2. The number of H-pyrrole nitrogens is 1. The van der Waals surface area contributed by atoms with Gasteiger partial charge in [-0.2, -0.15) is 0 Å². The van der Waals surface area contributed by atoms with Gasteiger partial charge in [0.05, 0.1) is 0 Å². The van der Waals surface area contributed by atoms with Crippen molar-refractivity contribution in [2.75, 3.05) is 19.0 Å². The number of carbonyl (C=O) groups excluding carboxylic acids is 2. The molecule has 0 radical (unpaired) electrons. The van der Waals surface area contributed by atoms with Gasteiger partial charge in [0.25, 0.3) is 17.4 Å². The van der Waals surface area contributed by atoms with Crippen LogP contribution in [0.15, 0.2) is 47.4 Å². The van der Waals surface area contributed by atoms with Crippen molar-refractivity contribution >= 4 is 17.5 Å². The summed E-state index contributed by atoms with van der Waals surface area (Å²) in [6.45, 7) is 0. The summed E-state index contributed by atoms with van der Waals surface area (Å²) in [5.41, 5.74) is 5.15. The molecular weight excluding hydrogens is 284 g/mol. The highest BCUT2D eigenvalue weighted by Crippen LogP contribution is 2.12. The van der Waals surface area contributed by atoms with E-state index < -0.39 is 17.4 Å². The Morgan fingerprint density at radius 3 is 2.45 bits per heavy atom. The van der Waals surface area contributed by atoms with Gasteiger partial charge in [-0.05, 0) is 30.3 Å². The molecule has 0 saturated heterocycles. The Morgan fingerprint density at radius 2 is 1.77 bits per heavy atom. The first-order chi connectivity index (χ1) is 10.5. The molecule has 22 heavy (non-hydrogen) atoms. The average molecular weight is 300 g/mol. The van der Waals surface area contributed by atoms with Crippen molar-refractivity contribution in [1.82, 2.24) is 15.8 Å². The van der Waals surface area contributed by atoms with Crippen LogP contribution in [0.1, 0.15) is 20.7 Å². The fraction of sp³-hybridized carbons (Fsp3) is 0.133. The molecule has 1 heterocycles. The van der Waals surface area contributed by atoms with Gasteiger partial charge >= 0.3 is 0 Å². The molecule has 0 atom stereocenters. The van der Waals surface area contributed by atoms with Crippen LogP contribution in [0, 0.1) is 0 Å². The van der Waals surface area contributed by atoms with Crippen LogP contribution in [-0.2, 0) is 0 Å². The normalized spacial score (nSPS) is 9.91. The van der Waals surface area contributed by atoms with E-state index in [1.807, 2.05) is 25.1 Å². The molecule has 0 aliphatic heterocycles. The van der Waals surface area contributed by atoms with Crippen LogP contribution in [0.5, 0.6) is 0 Å². The molecule has 0 unspecified atom stereocenters. The monoisotopic (exact) mass is 300 g/mol. The summed E-state index contributed by atoms with van der Waals surface area (Å²) >= 11 is 0. The molecule has 0 spiro atoms. The molecule has 2 rings (SSSR count). The number of pyridine rings is 1. The molecule has 7 nitrogen and oxygen atoms in total. The molecule has 114 valence electrons. The smallest absolute Gasteiger partial charge is 0.275 e. The van der Waals surface area contributed by atoms with Crippen LogP contribution in [0.25, 0.3) is 0 Å². The van der Waals surface area contributed by atoms with E-state index in [4.69, 9.17) is 0 Å². The molecule has 0 aliphatic rings. The van der Waals surface area contributed by atoms with Crippen molar-refractivity contribution in [3.63, 3.8) is 0 Å². The van der Waals surface area contributed by atoms with E-state index in [9.17, 15) is 14.4 Å². The minimum Gasteiger partial charge on any atom is -0.378 e. The predicted molar refractivity (Wildman–Crippen MR) is 82.8 cm³/mol. The second-order valence-corrected chi connectivity index (χ2v) is 4.77. The highest BCUT2D eigenvalue weighted by atomic mass is 16.2. The lowest BCUT2D eigenvalue weighted by Gasteiger charge is -2.13. The number of hydrogen-bond acceptors (Lipinski definition) is 4. The molecule has 2 amide bonds. The zero-order chi connectivity index (χ0) is 16.1. The van der Waals surface area contributed by atoms with Crippen molar-refractivity contribution in [3.05, 3.63) is 64.1 Å². The summed E-state index contributed by atoms with van der Waals surface area (Å²) in [7, 11) is 3.72. The van der Waals surface area contributed by atoms with Gasteiger partial charge in [-0.25, -0.2) is 0 Å². The standard InChI is InChI=1S/C15H16N4O3/c1-19(2)11-6-3-5-10(9-11)13(20)17-18-15(22)12-7-4-8-16-14(12)21/h3-9H,1-2H3,(H,16,21)(H,17,20)(H,18,22). The second-order valence-electron chi connectivity index (χ2n) is 4.77. The van der Waals surface area contributed by atoms with Crippen LogP contribution in [0.2, 0.25) is 0 Å². The number of aromatic amines is 1. The van der Waals surface area contributed by atoms with Crippen LogP contribution in [0.3, 0.4) is 0 Å². The van der Waals surface area contributed by atoms with Crippen LogP contribution >= 0.6 is 0 Å². The molecule has 0 fully saturated rings. The molecule has 0 bridgehead atoms. The molecule has 7 heteroatoms. The number of hydrogen-bond donors (Lipinski definition) is 3. The van der Waals surface area contributed by atoms with Gasteiger partial charge in [-0.3, -0.25) is 25.2 Å². The Balaban J connectivity index is 2.04. The highest BCUT2D eigenvalue weighted by molar-refractivity contribution is 5.99. The fourth-order valence-electron chi connectivity index (χ4n) is 1.78. The number of anilines is 1. The minimum absolute atomic E-state index is 0.0788. The Labute approximate surface area is 126 Å². The molecular formula is C15H16N4O3. The summed E-state index contributed by atoms with van der Waals surface area (Å²) in [5.74, 6) is -1.15. The maximum absolute atomic E-state index is 12.0. The minimum atomic E-state index is -0.682. The van der Waals surface area contributed by atoms with E-state index in [1.165, 1.54) is 18.3 Å². The summed E-state index contributed by atoms with van der Waals surface area (Å²) in [6, 6.07) is 9.82.